The number of likely N-dealkylation sites (N-methyl/N-ethyl adjacent to an activating group) is 1. The van der Waals surface area contributed by atoms with Gasteiger partial charge in [0.05, 0.1) is 4.92 Å². The molecule has 2 aromatic rings. The van der Waals surface area contributed by atoms with Gasteiger partial charge in [0.25, 0.3) is 5.69 Å². The molecule has 1 aliphatic rings. The summed E-state index contributed by atoms with van der Waals surface area (Å²) < 4.78 is 5.56. The number of hydrogen-bond acceptors (Lipinski definition) is 7. The molecule has 2 aromatic carbocycles. The number of hydrogen-bond donors (Lipinski definition) is 1. The molecule has 0 saturated carbocycles. The average Bonchev–Trinajstić information content (AvgIpc) is 2.98. The van der Waals surface area contributed by atoms with Crippen molar-refractivity contribution in [2.45, 2.75) is 64.1 Å². The van der Waals surface area contributed by atoms with Crippen molar-refractivity contribution in [1.29, 1.82) is 0 Å². The van der Waals surface area contributed by atoms with Crippen LogP contribution >= 0.6 is 0 Å². The molecule has 0 bridgehead atoms. The fourth-order valence-electron chi connectivity index (χ4n) is 6.10. The van der Waals surface area contributed by atoms with Gasteiger partial charge >= 0.3 is 12.1 Å². The molecule has 1 amide bonds. The van der Waals surface area contributed by atoms with E-state index in [9.17, 15) is 24.8 Å². The van der Waals surface area contributed by atoms with Crippen molar-refractivity contribution in [1.82, 2.24) is 14.7 Å². The smallest absolute Gasteiger partial charge is 0.410 e. The van der Waals surface area contributed by atoms with E-state index in [1.807, 2.05) is 44.0 Å². The van der Waals surface area contributed by atoms with E-state index in [1.165, 1.54) is 17.7 Å². The molecule has 234 valence electrons. The predicted molar refractivity (Wildman–Crippen MR) is 167 cm³/mol. The van der Waals surface area contributed by atoms with E-state index in [1.54, 1.807) is 23.1 Å². The van der Waals surface area contributed by atoms with Gasteiger partial charge in [0.15, 0.2) is 0 Å². The van der Waals surface area contributed by atoms with Gasteiger partial charge < -0.3 is 19.6 Å². The van der Waals surface area contributed by atoms with Gasteiger partial charge in [0.1, 0.15) is 12.6 Å². The number of amides is 1. The predicted octanol–water partition coefficient (Wildman–Crippen LogP) is 5.57. The van der Waals surface area contributed by atoms with Crippen LogP contribution in [0.15, 0.2) is 67.3 Å². The lowest BCUT2D eigenvalue weighted by Crippen LogP contribution is -2.50. The number of non-ortho nitro benzene ring substituents is 1. The normalized spacial score (nSPS) is 16.4. The number of nitro benzene ring substituents is 1. The number of carbonyl (C=O) groups is 2. The Hall–Kier alpha value is -3.76. The van der Waals surface area contributed by atoms with Crippen LogP contribution < -0.4 is 0 Å². The molecular weight excluding hydrogens is 548 g/mol. The summed E-state index contributed by atoms with van der Waals surface area (Å²) in [7, 11) is 1.90. The summed E-state index contributed by atoms with van der Waals surface area (Å²) in [6.07, 6.45) is 3.75. The molecule has 1 fully saturated rings. The lowest BCUT2D eigenvalue weighted by Gasteiger charge is -2.41. The van der Waals surface area contributed by atoms with E-state index in [4.69, 9.17) is 4.74 Å². The van der Waals surface area contributed by atoms with Gasteiger partial charge in [-0.15, -0.1) is 6.58 Å². The lowest BCUT2D eigenvalue weighted by molar-refractivity contribution is -0.384. The summed E-state index contributed by atoms with van der Waals surface area (Å²) in [5.74, 6) is -0.814. The van der Waals surface area contributed by atoms with Crippen molar-refractivity contribution < 1.29 is 24.4 Å². The molecule has 1 aliphatic heterocycles. The van der Waals surface area contributed by atoms with E-state index in [-0.39, 0.29) is 29.7 Å². The molecule has 2 atom stereocenters. The number of rotatable bonds is 15. The van der Waals surface area contributed by atoms with Gasteiger partial charge in [0.2, 0.25) is 0 Å². The van der Waals surface area contributed by atoms with Gasteiger partial charge in [-0.1, -0.05) is 57.2 Å². The minimum absolute atomic E-state index is 0.00811. The number of benzene rings is 2. The van der Waals surface area contributed by atoms with Crippen LogP contribution in [0.1, 0.15) is 51.2 Å². The first-order valence-electron chi connectivity index (χ1n) is 14.9. The molecule has 1 N–H and O–H groups in total. The Kier molecular flexibility index (Phi) is 12.3. The summed E-state index contributed by atoms with van der Waals surface area (Å²) in [6, 6.07) is 15.8. The summed E-state index contributed by atoms with van der Waals surface area (Å²) in [5.41, 5.74) is 1.62. The number of ether oxygens (including phenoxy) is 1. The SMILES string of the molecule is C=CCN(C(=O)OCc1ccc([N+](=O)[O-])cc1)C1CCN(CC[C@](C)(CN(C)[C@@H](C(=O)O)C(C)C)c2ccccc2)CC1. The Morgan fingerprint density at radius 1 is 1.16 bits per heavy atom. The van der Waals surface area contributed by atoms with Gasteiger partial charge in [-0.3, -0.25) is 19.8 Å². The standard InChI is InChI=1S/C33H46N4O6/c1-6-19-36(32(40)43-23-26-12-14-29(15-13-26)37(41)42)28-16-20-35(21-17-28)22-18-33(4,27-10-8-7-9-11-27)24-34(5)30(25(2)3)31(38)39/h6-15,25,28,30H,1,16-24H2,2-5H3,(H,38,39)/t30-,33-/m1/s1. The van der Waals surface area contributed by atoms with E-state index in [0.717, 1.165) is 38.9 Å². The van der Waals surface area contributed by atoms with Crippen molar-refractivity contribution in [3.8, 4) is 0 Å². The Morgan fingerprint density at radius 2 is 1.79 bits per heavy atom. The van der Waals surface area contributed by atoms with Crippen LogP contribution in [0.5, 0.6) is 0 Å². The zero-order chi connectivity index (χ0) is 31.6. The van der Waals surface area contributed by atoms with Crippen LogP contribution in [0.2, 0.25) is 0 Å². The number of aliphatic carboxylic acids is 1. The monoisotopic (exact) mass is 594 g/mol. The van der Waals surface area contributed by atoms with E-state index >= 15 is 0 Å². The number of nitro groups is 1. The van der Waals surface area contributed by atoms with Crippen LogP contribution in [0.25, 0.3) is 0 Å². The summed E-state index contributed by atoms with van der Waals surface area (Å²) in [5, 5.41) is 20.7. The fourth-order valence-corrected chi connectivity index (χ4v) is 6.10. The zero-order valence-corrected chi connectivity index (χ0v) is 25.9. The highest BCUT2D eigenvalue weighted by molar-refractivity contribution is 5.73. The first-order chi connectivity index (χ1) is 20.4. The molecule has 43 heavy (non-hydrogen) atoms. The van der Waals surface area contributed by atoms with Crippen molar-refractivity contribution >= 4 is 17.7 Å². The molecule has 0 spiro atoms. The second kappa shape index (κ2) is 15.6. The largest absolute Gasteiger partial charge is 0.480 e. The molecule has 1 saturated heterocycles. The minimum Gasteiger partial charge on any atom is -0.480 e. The second-order valence-corrected chi connectivity index (χ2v) is 12.1. The van der Waals surface area contributed by atoms with E-state index in [2.05, 4.69) is 30.5 Å². The number of likely N-dealkylation sites (tertiary alicyclic amines) is 1. The maximum Gasteiger partial charge on any atom is 0.410 e. The van der Waals surface area contributed by atoms with Crippen LogP contribution in [0.3, 0.4) is 0 Å². The third kappa shape index (κ3) is 9.36. The quantitative estimate of drug-likeness (QED) is 0.162. The highest BCUT2D eigenvalue weighted by Gasteiger charge is 2.35. The Balaban J connectivity index is 1.59. The molecule has 10 heteroatoms. The molecule has 0 aromatic heterocycles. The van der Waals surface area contributed by atoms with Crippen LogP contribution in [0, 0.1) is 16.0 Å². The molecule has 1 heterocycles. The molecule has 3 rings (SSSR count). The van der Waals surface area contributed by atoms with Gasteiger partial charge in [-0.05, 0) is 62.0 Å². The molecule has 0 unspecified atom stereocenters. The highest BCUT2D eigenvalue weighted by atomic mass is 16.6. The summed E-state index contributed by atoms with van der Waals surface area (Å²) >= 11 is 0. The Morgan fingerprint density at radius 3 is 2.33 bits per heavy atom. The highest BCUT2D eigenvalue weighted by Crippen LogP contribution is 2.31. The maximum atomic E-state index is 13.0. The first-order valence-corrected chi connectivity index (χ1v) is 14.9. The molecular formula is C33H46N4O6. The molecule has 0 radical (unpaired) electrons. The van der Waals surface area contributed by atoms with Crippen LogP contribution in [0.4, 0.5) is 10.5 Å². The zero-order valence-electron chi connectivity index (χ0n) is 25.9. The van der Waals surface area contributed by atoms with Gasteiger partial charge in [-0.25, -0.2) is 4.79 Å². The number of nitrogens with zero attached hydrogens (tertiary/aromatic N) is 4. The van der Waals surface area contributed by atoms with E-state index in [0.29, 0.717) is 18.7 Å². The Bertz CT molecular complexity index is 1210. The number of carboxylic acid groups (broad SMARTS) is 1. The van der Waals surface area contributed by atoms with Crippen molar-refractivity contribution in [2.75, 3.05) is 39.8 Å². The van der Waals surface area contributed by atoms with Crippen molar-refractivity contribution in [3.05, 3.63) is 88.5 Å². The first kappa shape index (κ1) is 33.7. The number of piperidine rings is 1. The third-order valence-electron chi connectivity index (χ3n) is 8.48. The summed E-state index contributed by atoms with van der Waals surface area (Å²) in [4.78, 5) is 41.6. The van der Waals surface area contributed by atoms with Gasteiger partial charge in [0, 0.05) is 49.8 Å². The average molecular weight is 595 g/mol. The topological polar surface area (TPSA) is 116 Å². The Labute approximate surface area is 255 Å². The fraction of sp³-hybridized carbons (Fsp3) is 0.515. The lowest BCUT2D eigenvalue weighted by atomic mass is 9.78. The molecule has 0 aliphatic carbocycles. The van der Waals surface area contributed by atoms with Crippen LogP contribution in [-0.2, 0) is 21.6 Å². The van der Waals surface area contributed by atoms with Crippen LogP contribution in [-0.4, -0.2) is 88.6 Å². The maximum absolute atomic E-state index is 13.0. The minimum atomic E-state index is -0.801. The third-order valence-corrected chi connectivity index (χ3v) is 8.48. The van der Waals surface area contributed by atoms with E-state index < -0.39 is 23.0 Å². The van der Waals surface area contributed by atoms with Crippen molar-refractivity contribution in [2.24, 2.45) is 5.92 Å². The molecule has 10 nitrogen and oxygen atoms in total. The van der Waals surface area contributed by atoms with Crippen molar-refractivity contribution in [3.63, 3.8) is 0 Å². The van der Waals surface area contributed by atoms with Gasteiger partial charge in [-0.2, -0.15) is 0 Å². The number of carbonyl (C=O) groups excluding carboxylic acids is 1. The summed E-state index contributed by atoms with van der Waals surface area (Å²) in [6.45, 7) is 13.5. The second-order valence-electron chi connectivity index (χ2n) is 12.1. The number of carboxylic acids is 1.